The number of carbonyl (C=O) groups is 1. The second-order valence-corrected chi connectivity index (χ2v) is 7.91. The van der Waals surface area contributed by atoms with Crippen LogP contribution in [0.2, 0.25) is 0 Å². The van der Waals surface area contributed by atoms with Crippen LogP contribution in [0.4, 0.5) is 5.82 Å². The Morgan fingerprint density at radius 1 is 1.06 bits per heavy atom. The summed E-state index contributed by atoms with van der Waals surface area (Å²) in [4.78, 5) is 25.5. The molecule has 0 spiro atoms. The number of fused-ring (bicyclic) bond motifs is 1. The number of para-hydroxylation sites is 2. The van der Waals surface area contributed by atoms with Gasteiger partial charge in [0, 0.05) is 50.6 Å². The lowest BCUT2D eigenvalue weighted by atomic mass is 10.1. The molecule has 31 heavy (non-hydrogen) atoms. The monoisotopic (exact) mass is 419 g/mol. The summed E-state index contributed by atoms with van der Waals surface area (Å²) in [6.07, 6.45) is 0. The summed E-state index contributed by atoms with van der Waals surface area (Å²) >= 11 is 0. The number of nitrogens with one attached hydrogen (secondary N) is 1. The predicted octanol–water partition coefficient (Wildman–Crippen LogP) is 3.22. The molecular weight excluding hydrogens is 390 g/mol. The first kappa shape index (κ1) is 21.1. The number of hydrogen-bond acceptors (Lipinski definition) is 6. The molecule has 3 aromatic rings. The first-order chi connectivity index (χ1) is 15.0. The van der Waals surface area contributed by atoms with Crippen molar-refractivity contribution in [3.63, 3.8) is 0 Å². The maximum Gasteiger partial charge on any atom is 0.219 e. The molecule has 0 atom stereocenters. The summed E-state index contributed by atoms with van der Waals surface area (Å²) in [5.41, 5.74) is 3.17. The molecule has 4 rings (SSSR count). The number of piperazine rings is 1. The summed E-state index contributed by atoms with van der Waals surface area (Å²) in [5.74, 6) is 2.62. The number of hydrogen-bond donors (Lipinski definition) is 1. The molecule has 162 valence electrons. The van der Waals surface area contributed by atoms with Crippen LogP contribution in [0.5, 0.6) is 5.75 Å². The number of ether oxygens (including phenoxy) is 1. The largest absolute Gasteiger partial charge is 0.496 e. The highest BCUT2D eigenvalue weighted by Crippen LogP contribution is 2.25. The van der Waals surface area contributed by atoms with Crippen LogP contribution in [0, 0.1) is 6.92 Å². The number of aryl methyl sites for hydroxylation is 1. The Balaban J connectivity index is 1.57. The van der Waals surface area contributed by atoms with Crippen molar-refractivity contribution in [1.29, 1.82) is 0 Å². The Morgan fingerprint density at radius 3 is 2.58 bits per heavy atom. The van der Waals surface area contributed by atoms with Gasteiger partial charge < -0.3 is 15.0 Å². The van der Waals surface area contributed by atoms with Gasteiger partial charge >= 0.3 is 0 Å². The van der Waals surface area contributed by atoms with Gasteiger partial charge in [-0.15, -0.1) is 0 Å². The maximum absolute atomic E-state index is 11.6. The van der Waals surface area contributed by atoms with Gasteiger partial charge in [-0.05, 0) is 24.6 Å². The maximum atomic E-state index is 11.6. The standard InChI is InChI=1S/C24H29N5O2/c1-17-7-6-9-20-23(17)26-22(16-28-11-13-29(14-12-28)18(2)30)27-24(20)25-15-19-8-4-5-10-21(19)31-3/h4-10H,11-16H2,1-3H3,(H,25,26,27). The zero-order valence-electron chi connectivity index (χ0n) is 18.4. The van der Waals surface area contributed by atoms with E-state index in [9.17, 15) is 4.79 Å². The summed E-state index contributed by atoms with van der Waals surface area (Å²) in [6.45, 7) is 8.15. The van der Waals surface area contributed by atoms with Gasteiger partial charge in [0.15, 0.2) is 0 Å². The smallest absolute Gasteiger partial charge is 0.219 e. The molecule has 0 bridgehead atoms. The van der Waals surface area contributed by atoms with Gasteiger partial charge in [0.05, 0.1) is 19.2 Å². The van der Waals surface area contributed by atoms with Crippen LogP contribution in [0.1, 0.15) is 23.9 Å². The second kappa shape index (κ2) is 9.31. The van der Waals surface area contributed by atoms with Gasteiger partial charge in [-0.1, -0.05) is 30.3 Å². The fraction of sp³-hybridized carbons (Fsp3) is 0.375. The quantitative estimate of drug-likeness (QED) is 0.662. The molecule has 7 heteroatoms. The van der Waals surface area contributed by atoms with E-state index in [4.69, 9.17) is 14.7 Å². The van der Waals surface area contributed by atoms with Gasteiger partial charge in [-0.3, -0.25) is 9.69 Å². The normalized spacial score (nSPS) is 14.6. The summed E-state index contributed by atoms with van der Waals surface area (Å²) in [7, 11) is 1.69. The van der Waals surface area contributed by atoms with E-state index in [1.165, 1.54) is 0 Å². The molecule has 1 amide bonds. The van der Waals surface area contributed by atoms with Crippen LogP contribution >= 0.6 is 0 Å². The molecule has 0 unspecified atom stereocenters. The predicted molar refractivity (Wildman–Crippen MR) is 122 cm³/mol. The minimum Gasteiger partial charge on any atom is -0.496 e. The molecule has 0 aliphatic carbocycles. The molecule has 1 aliphatic rings. The highest BCUT2D eigenvalue weighted by molar-refractivity contribution is 5.91. The molecule has 1 aliphatic heterocycles. The molecule has 7 nitrogen and oxygen atoms in total. The van der Waals surface area contributed by atoms with E-state index in [0.29, 0.717) is 13.1 Å². The zero-order chi connectivity index (χ0) is 21.8. The first-order valence-electron chi connectivity index (χ1n) is 10.6. The van der Waals surface area contributed by atoms with Crippen molar-refractivity contribution in [1.82, 2.24) is 19.8 Å². The van der Waals surface area contributed by atoms with E-state index in [1.807, 2.05) is 29.2 Å². The van der Waals surface area contributed by atoms with E-state index in [2.05, 4.69) is 35.3 Å². The Morgan fingerprint density at radius 2 is 1.84 bits per heavy atom. The Hall–Kier alpha value is -3.19. The summed E-state index contributed by atoms with van der Waals surface area (Å²) < 4.78 is 5.48. The van der Waals surface area contributed by atoms with Crippen LogP contribution in [-0.4, -0.2) is 59.0 Å². The number of methoxy groups -OCH3 is 1. The third-order valence-corrected chi connectivity index (χ3v) is 5.80. The minimum absolute atomic E-state index is 0.139. The average molecular weight is 420 g/mol. The molecular formula is C24H29N5O2. The number of carbonyl (C=O) groups excluding carboxylic acids is 1. The van der Waals surface area contributed by atoms with Crippen molar-refractivity contribution in [2.45, 2.75) is 26.9 Å². The molecule has 1 aromatic heterocycles. The van der Waals surface area contributed by atoms with Gasteiger partial charge in [-0.25, -0.2) is 9.97 Å². The molecule has 0 saturated carbocycles. The SMILES string of the molecule is COc1ccccc1CNc1nc(CN2CCN(C(C)=O)CC2)nc2c(C)cccc12. The number of benzene rings is 2. The van der Waals surface area contributed by atoms with Crippen molar-refractivity contribution in [2.75, 3.05) is 38.6 Å². The topological polar surface area (TPSA) is 70.6 Å². The van der Waals surface area contributed by atoms with E-state index in [-0.39, 0.29) is 5.91 Å². The Labute approximate surface area is 183 Å². The van der Waals surface area contributed by atoms with Gasteiger partial charge in [0.2, 0.25) is 5.91 Å². The zero-order valence-corrected chi connectivity index (χ0v) is 18.4. The van der Waals surface area contributed by atoms with Gasteiger partial charge in [0.25, 0.3) is 0 Å². The first-order valence-corrected chi connectivity index (χ1v) is 10.6. The lowest BCUT2D eigenvalue weighted by Crippen LogP contribution is -2.47. The van der Waals surface area contributed by atoms with E-state index in [0.717, 1.165) is 65.6 Å². The fourth-order valence-electron chi connectivity index (χ4n) is 4.00. The Bertz CT molecular complexity index is 1080. The summed E-state index contributed by atoms with van der Waals surface area (Å²) in [6, 6.07) is 14.2. The third-order valence-electron chi connectivity index (χ3n) is 5.80. The molecule has 0 radical (unpaired) electrons. The van der Waals surface area contributed by atoms with Crippen molar-refractivity contribution >= 4 is 22.6 Å². The van der Waals surface area contributed by atoms with E-state index >= 15 is 0 Å². The van der Waals surface area contributed by atoms with Crippen molar-refractivity contribution in [3.05, 3.63) is 59.4 Å². The van der Waals surface area contributed by atoms with Crippen LogP contribution in [0.3, 0.4) is 0 Å². The van der Waals surface area contributed by atoms with E-state index < -0.39 is 0 Å². The molecule has 1 N–H and O–H groups in total. The number of aromatic nitrogens is 2. The highest BCUT2D eigenvalue weighted by atomic mass is 16.5. The van der Waals surface area contributed by atoms with E-state index in [1.54, 1.807) is 14.0 Å². The Kier molecular flexibility index (Phi) is 6.32. The lowest BCUT2D eigenvalue weighted by molar-refractivity contribution is -0.130. The highest BCUT2D eigenvalue weighted by Gasteiger charge is 2.20. The van der Waals surface area contributed by atoms with Crippen molar-refractivity contribution in [2.24, 2.45) is 0 Å². The van der Waals surface area contributed by atoms with Crippen molar-refractivity contribution < 1.29 is 9.53 Å². The lowest BCUT2D eigenvalue weighted by Gasteiger charge is -2.33. The number of amides is 1. The molecule has 2 heterocycles. The fourth-order valence-corrected chi connectivity index (χ4v) is 4.00. The number of rotatable bonds is 6. The number of anilines is 1. The second-order valence-electron chi connectivity index (χ2n) is 7.91. The molecule has 2 aromatic carbocycles. The summed E-state index contributed by atoms with van der Waals surface area (Å²) in [5, 5.41) is 4.52. The van der Waals surface area contributed by atoms with Crippen LogP contribution < -0.4 is 10.1 Å². The molecule has 1 fully saturated rings. The van der Waals surface area contributed by atoms with Crippen LogP contribution in [-0.2, 0) is 17.9 Å². The number of nitrogens with zero attached hydrogens (tertiary/aromatic N) is 4. The van der Waals surface area contributed by atoms with Crippen LogP contribution in [0.15, 0.2) is 42.5 Å². The van der Waals surface area contributed by atoms with Gasteiger partial charge in [-0.2, -0.15) is 0 Å². The molecule has 1 saturated heterocycles. The minimum atomic E-state index is 0.139. The van der Waals surface area contributed by atoms with Crippen LogP contribution in [0.25, 0.3) is 10.9 Å². The average Bonchev–Trinajstić information content (AvgIpc) is 2.78. The van der Waals surface area contributed by atoms with Crippen molar-refractivity contribution in [3.8, 4) is 5.75 Å². The van der Waals surface area contributed by atoms with Gasteiger partial charge in [0.1, 0.15) is 17.4 Å². The third kappa shape index (κ3) is 4.77.